The first-order chi connectivity index (χ1) is 5.79. The summed E-state index contributed by atoms with van der Waals surface area (Å²) in [7, 11) is 0. The lowest BCUT2D eigenvalue weighted by molar-refractivity contribution is 0.0913. The van der Waals surface area contributed by atoms with Gasteiger partial charge in [-0.1, -0.05) is 31.2 Å². The third-order valence-electron chi connectivity index (χ3n) is 2.58. The van der Waals surface area contributed by atoms with Gasteiger partial charge >= 0.3 is 0 Å². The molecular weight excluding hydrogens is 154 g/mol. The molecule has 0 spiro atoms. The van der Waals surface area contributed by atoms with E-state index in [4.69, 9.17) is 0 Å². The Balaban J connectivity index is 2.49. The number of aryl methyl sites for hydroxylation is 1. The standard InChI is InChI=1S/C11H12O/c1-8-6-7-9-4-2-3-5-10(9)11(8)12/h2-5,8H,6-7H2,1H3/i2+1,3+1,4+1,5+1,9+1,10+1. The van der Waals surface area contributed by atoms with Gasteiger partial charge in [0.2, 0.25) is 0 Å². The molecule has 0 heterocycles. The maximum Gasteiger partial charge on any atom is 0.165 e. The first-order valence-electron chi connectivity index (χ1n) is 4.41. The monoisotopic (exact) mass is 166 g/mol. The zero-order chi connectivity index (χ0) is 8.55. The molecule has 12 heavy (non-hydrogen) atoms. The molecule has 0 aliphatic heterocycles. The van der Waals surface area contributed by atoms with Crippen LogP contribution >= 0.6 is 0 Å². The molecule has 2 rings (SSSR count). The molecule has 1 atom stereocenters. The fourth-order valence-corrected chi connectivity index (χ4v) is 1.75. The van der Waals surface area contributed by atoms with Gasteiger partial charge in [-0.15, -0.1) is 0 Å². The number of ketones is 1. The van der Waals surface area contributed by atoms with Crippen LogP contribution in [-0.4, -0.2) is 5.78 Å². The van der Waals surface area contributed by atoms with Crippen molar-refractivity contribution in [3.8, 4) is 0 Å². The summed E-state index contributed by atoms with van der Waals surface area (Å²) in [5.74, 6) is 0.539. The van der Waals surface area contributed by atoms with Gasteiger partial charge in [0.15, 0.2) is 5.78 Å². The average Bonchev–Trinajstić information content (AvgIpc) is 2.12. The lowest BCUT2D eigenvalue weighted by Crippen LogP contribution is -2.19. The molecule has 0 radical (unpaired) electrons. The van der Waals surface area contributed by atoms with Gasteiger partial charge in [-0.3, -0.25) is 4.79 Å². The fourth-order valence-electron chi connectivity index (χ4n) is 1.75. The van der Waals surface area contributed by atoms with Crippen molar-refractivity contribution in [3.05, 3.63) is 35.4 Å². The quantitative estimate of drug-likeness (QED) is 0.578. The third-order valence-corrected chi connectivity index (χ3v) is 2.58. The Morgan fingerprint density at radius 1 is 1.33 bits per heavy atom. The van der Waals surface area contributed by atoms with Gasteiger partial charge in [0.25, 0.3) is 0 Å². The second-order valence-electron chi connectivity index (χ2n) is 3.46. The number of hydrogen-bond acceptors (Lipinski definition) is 1. The highest BCUT2D eigenvalue weighted by molar-refractivity contribution is 5.99. The number of carbonyl (C=O) groups is 1. The van der Waals surface area contributed by atoms with Crippen molar-refractivity contribution < 1.29 is 4.79 Å². The predicted molar refractivity (Wildman–Crippen MR) is 48.3 cm³/mol. The lowest BCUT2D eigenvalue weighted by Gasteiger charge is -2.19. The Labute approximate surface area is 72.4 Å². The summed E-state index contributed by atoms with van der Waals surface area (Å²) < 4.78 is 0. The normalized spacial score (nSPS) is 22.1. The molecule has 1 aliphatic carbocycles. The molecule has 0 saturated heterocycles. The van der Waals surface area contributed by atoms with Gasteiger partial charge < -0.3 is 0 Å². The largest absolute Gasteiger partial charge is 0.294 e. The maximum absolute atomic E-state index is 11.6. The molecule has 1 nitrogen and oxygen atoms in total. The zero-order valence-corrected chi connectivity index (χ0v) is 7.21. The molecule has 0 N–H and O–H groups in total. The van der Waals surface area contributed by atoms with Crippen molar-refractivity contribution in [3.63, 3.8) is 0 Å². The smallest absolute Gasteiger partial charge is 0.165 e. The van der Waals surface area contributed by atoms with Gasteiger partial charge in [0.05, 0.1) is 0 Å². The lowest BCUT2D eigenvalue weighted by atomic mass is 10.0. The van der Waals surface area contributed by atoms with E-state index in [0.717, 1.165) is 18.4 Å². The zero-order valence-electron chi connectivity index (χ0n) is 7.21. The van der Waals surface area contributed by atoms with E-state index < -0.39 is 0 Å². The highest BCUT2D eigenvalue weighted by Gasteiger charge is 2.22. The predicted octanol–water partition coefficient (Wildman–Crippen LogP) is 2.45. The summed E-state index contributed by atoms with van der Waals surface area (Å²) in [5, 5.41) is 0. The van der Waals surface area contributed by atoms with E-state index in [0.29, 0.717) is 5.78 Å². The van der Waals surface area contributed by atoms with Crippen LogP contribution in [0.5, 0.6) is 0 Å². The Bertz CT molecular complexity index is 315. The Morgan fingerprint density at radius 2 is 2.08 bits per heavy atom. The molecule has 1 aromatic carbocycles. The molecular formula is C11H12O. The molecule has 1 aliphatic rings. The molecule has 0 fully saturated rings. The summed E-state index contributed by atoms with van der Waals surface area (Å²) in [6.07, 6.45) is 2.07. The molecule has 1 heteroatoms. The van der Waals surface area contributed by atoms with Crippen molar-refractivity contribution >= 4 is 5.78 Å². The van der Waals surface area contributed by atoms with Gasteiger partial charge in [-0.05, 0) is 18.4 Å². The Morgan fingerprint density at radius 3 is 2.92 bits per heavy atom. The third kappa shape index (κ3) is 1.06. The first-order valence-corrected chi connectivity index (χ1v) is 4.41. The van der Waals surface area contributed by atoms with Crippen molar-refractivity contribution in [1.29, 1.82) is 0 Å². The number of Topliss-reactive ketones (excluding diaryl/α,β-unsaturated/α-hetero) is 1. The van der Waals surface area contributed by atoms with Crippen LogP contribution in [0, 0.1) is 5.92 Å². The number of fused-ring (bicyclic) bond motifs is 1. The summed E-state index contributed by atoms with van der Waals surface area (Å²) >= 11 is 0. The van der Waals surface area contributed by atoms with Crippen molar-refractivity contribution in [2.45, 2.75) is 19.8 Å². The molecule has 0 bridgehead atoms. The number of benzene rings is 1. The summed E-state index contributed by atoms with van der Waals surface area (Å²) in [6.45, 7) is 2.01. The van der Waals surface area contributed by atoms with Gasteiger partial charge in [-0.2, -0.15) is 0 Å². The van der Waals surface area contributed by atoms with E-state index in [-0.39, 0.29) is 5.92 Å². The number of rotatable bonds is 0. The molecule has 0 saturated carbocycles. The maximum atomic E-state index is 11.6. The van der Waals surface area contributed by atoms with Crippen LogP contribution in [0.1, 0.15) is 29.3 Å². The van der Waals surface area contributed by atoms with Crippen LogP contribution in [0.4, 0.5) is 0 Å². The molecule has 0 amide bonds. The van der Waals surface area contributed by atoms with Gasteiger partial charge in [0.1, 0.15) is 0 Å². The van der Waals surface area contributed by atoms with E-state index in [9.17, 15) is 4.79 Å². The van der Waals surface area contributed by atoms with Crippen molar-refractivity contribution in [2.24, 2.45) is 5.92 Å². The fraction of sp³-hybridized carbons (Fsp3) is 0.364. The molecule has 0 aromatic heterocycles. The van der Waals surface area contributed by atoms with Crippen LogP contribution in [0.2, 0.25) is 0 Å². The summed E-state index contributed by atoms with van der Waals surface area (Å²) in [6, 6.07) is 7.93. The Hall–Kier alpha value is -1.11. The van der Waals surface area contributed by atoms with Crippen LogP contribution in [0.25, 0.3) is 0 Å². The van der Waals surface area contributed by atoms with Crippen LogP contribution < -0.4 is 0 Å². The van der Waals surface area contributed by atoms with E-state index in [1.165, 1.54) is 5.56 Å². The minimum Gasteiger partial charge on any atom is -0.294 e. The second-order valence-corrected chi connectivity index (χ2v) is 3.46. The molecule has 1 unspecified atom stereocenters. The van der Waals surface area contributed by atoms with Crippen LogP contribution in [-0.2, 0) is 6.42 Å². The highest BCUT2D eigenvalue weighted by Crippen LogP contribution is 2.24. The molecule has 1 aromatic rings. The Kier molecular flexibility index (Phi) is 1.72. The van der Waals surface area contributed by atoms with Gasteiger partial charge in [0, 0.05) is 11.5 Å². The van der Waals surface area contributed by atoms with E-state index in [1.54, 1.807) is 0 Å². The summed E-state index contributed by atoms with van der Waals surface area (Å²) in [5.41, 5.74) is 2.16. The minimum absolute atomic E-state index is 0.222. The van der Waals surface area contributed by atoms with E-state index in [2.05, 4.69) is 6.07 Å². The average molecular weight is 166 g/mol. The highest BCUT2D eigenvalue weighted by atomic mass is 16.1. The van der Waals surface area contributed by atoms with Crippen molar-refractivity contribution in [1.82, 2.24) is 0 Å². The van der Waals surface area contributed by atoms with Crippen molar-refractivity contribution in [2.75, 3.05) is 0 Å². The van der Waals surface area contributed by atoms with E-state index in [1.807, 2.05) is 25.1 Å². The minimum atomic E-state index is 0.222. The first kappa shape index (κ1) is 7.53. The topological polar surface area (TPSA) is 17.1 Å². The van der Waals surface area contributed by atoms with Crippen LogP contribution in [0.3, 0.4) is 0 Å². The van der Waals surface area contributed by atoms with E-state index >= 15 is 0 Å². The summed E-state index contributed by atoms with van der Waals surface area (Å²) in [4.78, 5) is 11.6. The van der Waals surface area contributed by atoms with Gasteiger partial charge in [-0.25, -0.2) is 0 Å². The van der Waals surface area contributed by atoms with Crippen LogP contribution in [0.15, 0.2) is 24.3 Å². The second kappa shape index (κ2) is 2.74. The SMILES string of the molecule is CC1CC[13c]2[13cH][13cH][13cH][13cH][13c]2C1=O. The number of hydrogen-bond donors (Lipinski definition) is 0. The molecule has 62 valence electrons. The number of carbonyl (C=O) groups excluding carboxylic acids is 1.